The maximum atomic E-state index is 10.4. The molecule has 0 amide bonds. The number of hydrogen-bond acceptors (Lipinski definition) is 2. The molecule has 0 aromatic heterocycles. The summed E-state index contributed by atoms with van der Waals surface area (Å²) in [6.07, 6.45) is 12.6. The summed E-state index contributed by atoms with van der Waals surface area (Å²) in [6.45, 7) is 12.9. The van der Waals surface area contributed by atoms with Crippen molar-refractivity contribution in [2.75, 3.05) is 13.2 Å². The molecule has 0 aliphatic rings. The Morgan fingerprint density at radius 3 is 1.17 bits per heavy atom. The third kappa shape index (κ3) is 34.6. The van der Waals surface area contributed by atoms with Gasteiger partial charge in [0.05, 0.1) is 0 Å². The minimum atomic E-state index is 0. The zero-order valence-corrected chi connectivity index (χ0v) is 19.4. The van der Waals surface area contributed by atoms with E-state index in [0.717, 1.165) is 25.7 Å². The molecule has 0 saturated heterocycles. The molecular formula is C20H43LiMgO2. The van der Waals surface area contributed by atoms with Gasteiger partial charge in [-0.05, 0) is 0 Å². The van der Waals surface area contributed by atoms with Crippen LogP contribution in [-0.2, 0) is 0 Å². The molecule has 0 aliphatic carbocycles. The van der Waals surface area contributed by atoms with Crippen LogP contribution >= 0.6 is 0 Å². The van der Waals surface area contributed by atoms with Gasteiger partial charge in [0.25, 0.3) is 0 Å². The van der Waals surface area contributed by atoms with Crippen LogP contribution in [0.3, 0.4) is 0 Å². The molecule has 0 N–H and O–H groups in total. The topological polar surface area (TPSA) is 46.1 Å². The van der Waals surface area contributed by atoms with Gasteiger partial charge in [0.15, 0.2) is 0 Å². The average Bonchev–Trinajstić information content (AvgIpc) is 2.58. The van der Waals surface area contributed by atoms with Crippen LogP contribution < -0.4 is 29.1 Å². The summed E-state index contributed by atoms with van der Waals surface area (Å²) < 4.78 is 0. The van der Waals surface area contributed by atoms with E-state index in [4.69, 9.17) is 0 Å². The summed E-state index contributed by atoms with van der Waals surface area (Å²) in [5, 5.41) is 20.7. The van der Waals surface area contributed by atoms with Crippen LogP contribution in [0.1, 0.15) is 99.3 Å². The Morgan fingerprint density at radius 1 is 0.750 bits per heavy atom. The summed E-state index contributed by atoms with van der Waals surface area (Å²) >= 11 is 0. The van der Waals surface area contributed by atoms with Crippen molar-refractivity contribution in [3.8, 4) is 0 Å². The fraction of sp³-hybridized carbons (Fsp3) is 0.950. The molecule has 0 rings (SSSR count). The van der Waals surface area contributed by atoms with E-state index in [0.29, 0.717) is 11.8 Å². The molecule has 0 saturated carbocycles. The van der Waals surface area contributed by atoms with Gasteiger partial charge in [0.2, 0.25) is 0 Å². The Morgan fingerprint density at radius 2 is 1.04 bits per heavy atom. The molecule has 0 aromatic rings. The smallest absolute Gasteiger partial charge is 0.854 e. The second kappa shape index (κ2) is 35.4. The van der Waals surface area contributed by atoms with E-state index < -0.39 is 0 Å². The number of rotatable bonds is 11. The number of unbranched alkanes of at least 4 members (excludes halogenated alkanes) is 3. The predicted molar refractivity (Wildman–Crippen MR) is 102 cm³/mol. The average molecular weight is 347 g/mol. The van der Waals surface area contributed by atoms with E-state index in [1.165, 1.54) is 32.1 Å². The van der Waals surface area contributed by atoms with Gasteiger partial charge < -0.3 is 16.6 Å². The van der Waals surface area contributed by atoms with E-state index in [-0.39, 0.29) is 55.1 Å². The van der Waals surface area contributed by atoms with Gasteiger partial charge >= 0.3 is 41.9 Å². The van der Waals surface area contributed by atoms with Crippen molar-refractivity contribution in [2.45, 2.75) is 99.3 Å². The molecule has 0 radical (unpaired) electrons. The molecular weight excluding hydrogens is 303 g/mol. The maximum Gasteiger partial charge on any atom is 2.00 e. The van der Waals surface area contributed by atoms with Gasteiger partial charge in [-0.15, -0.1) is 13.2 Å². The van der Waals surface area contributed by atoms with E-state index >= 15 is 0 Å². The molecule has 4 heteroatoms. The first-order chi connectivity index (χ1) is 10.6. The third-order valence-electron chi connectivity index (χ3n) is 3.97. The van der Waals surface area contributed by atoms with Crippen LogP contribution in [0.25, 0.3) is 0 Å². The summed E-state index contributed by atoms with van der Waals surface area (Å²) in [4.78, 5) is 0. The van der Waals surface area contributed by atoms with Crippen molar-refractivity contribution >= 4 is 23.1 Å². The summed E-state index contributed by atoms with van der Waals surface area (Å²) in [7, 11) is 0. The standard InChI is InChI=1S/2C8H17O.C4H9.Li.Mg/c2*1-3-5-6-8(4-2)7-9;1-3-4-2;;/h2*8H,3-7H2,1-2H3;3H,4H2,1-2H3;;/q3*-1;+1;+2. The first-order valence-corrected chi connectivity index (χ1v) is 9.55. The Hall–Kier alpha value is 1.28. The Balaban J connectivity index is -0.0000000771. The van der Waals surface area contributed by atoms with Gasteiger partial charge in [0, 0.05) is 0 Å². The van der Waals surface area contributed by atoms with Crippen molar-refractivity contribution in [1.82, 2.24) is 0 Å². The molecule has 0 bridgehead atoms. The molecule has 2 nitrogen and oxygen atoms in total. The van der Waals surface area contributed by atoms with Crippen LogP contribution in [0.15, 0.2) is 0 Å². The van der Waals surface area contributed by atoms with Crippen molar-refractivity contribution in [2.24, 2.45) is 11.8 Å². The maximum absolute atomic E-state index is 10.4. The molecule has 2 unspecified atom stereocenters. The van der Waals surface area contributed by atoms with E-state index in [9.17, 15) is 10.2 Å². The van der Waals surface area contributed by atoms with Gasteiger partial charge in [-0.3, -0.25) is 0 Å². The van der Waals surface area contributed by atoms with Gasteiger partial charge in [-0.25, -0.2) is 0 Å². The molecule has 0 heterocycles. The van der Waals surface area contributed by atoms with E-state index in [2.05, 4.69) is 48.0 Å². The molecule has 0 aromatic carbocycles. The van der Waals surface area contributed by atoms with Crippen molar-refractivity contribution in [1.29, 1.82) is 0 Å². The largest absolute Gasteiger partial charge is 2.00 e. The monoisotopic (exact) mass is 346 g/mol. The third-order valence-corrected chi connectivity index (χ3v) is 3.97. The fourth-order valence-electron chi connectivity index (χ4n) is 1.80. The Kier molecular flexibility index (Phi) is 53.5. The zero-order chi connectivity index (χ0) is 17.6. The Labute approximate surface area is 182 Å². The normalized spacial score (nSPS) is 11.5. The first kappa shape index (κ1) is 36.2. The van der Waals surface area contributed by atoms with Crippen molar-refractivity contribution in [3.63, 3.8) is 0 Å². The minimum absolute atomic E-state index is 0. The Bertz CT molecular complexity index is 146. The fourth-order valence-corrected chi connectivity index (χ4v) is 1.80. The second-order valence-corrected chi connectivity index (χ2v) is 5.98. The molecule has 138 valence electrons. The minimum Gasteiger partial charge on any atom is -0.854 e. The van der Waals surface area contributed by atoms with Gasteiger partial charge in [0.1, 0.15) is 0 Å². The van der Waals surface area contributed by atoms with Crippen molar-refractivity contribution < 1.29 is 29.1 Å². The first-order valence-electron chi connectivity index (χ1n) is 9.55. The molecule has 0 spiro atoms. The summed E-state index contributed by atoms with van der Waals surface area (Å²) in [6, 6.07) is 0. The van der Waals surface area contributed by atoms with E-state index in [1.54, 1.807) is 0 Å². The predicted octanol–water partition coefficient (Wildman–Crippen LogP) is 1.37. The molecule has 0 fully saturated rings. The van der Waals surface area contributed by atoms with Crippen LogP contribution in [0.5, 0.6) is 0 Å². The van der Waals surface area contributed by atoms with Crippen LogP contribution in [0.4, 0.5) is 0 Å². The quantitative estimate of drug-likeness (QED) is 0.419. The van der Waals surface area contributed by atoms with Gasteiger partial charge in [-0.2, -0.15) is 13.3 Å². The van der Waals surface area contributed by atoms with Gasteiger partial charge in [-0.1, -0.05) is 97.8 Å². The van der Waals surface area contributed by atoms with Crippen LogP contribution in [-0.4, -0.2) is 36.3 Å². The molecule has 0 aliphatic heterocycles. The summed E-state index contributed by atoms with van der Waals surface area (Å²) in [5.74, 6) is 0.898. The molecule has 2 atom stereocenters. The van der Waals surface area contributed by atoms with Crippen LogP contribution in [0.2, 0.25) is 0 Å². The molecule has 24 heavy (non-hydrogen) atoms. The zero-order valence-electron chi connectivity index (χ0n) is 18.0. The summed E-state index contributed by atoms with van der Waals surface area (Å²) in [5.41, 5.74) is 0. The van der Waals surface area contributed by atoms with Crippen LogP contribution in [0, 0.1) is 18.3 Å². The van der Waals surface area contributed by atoms with Crippen molar-refractivity contribution in [3.05, 3.63) is 6.42 Å². The SMILES string of the molecule is CCCCC(CC)C[O-].CCCCC(CC)C[O-].C[CH-]CC.[Li+].[Mg+2]. The second-order valence-electron chi connectivity index (χ2n) is 5.98. The van der Waals surface area contributed by atoms with E-state index in [1.807, 2.05) is 0 Å². The number of hydrogen-bond donors (Lipinski definition) is 0.